The van der Waals surface area contributed by atoms with Crippen molar-refractivity contribution >= 4 is 27.2 Å². The van der Waals surface area contributed by atoms with Crippen LogP contribution in [0.4, 0.5) is 8.78 Å². The van der Waals surface area contributed by atoms with Gasteiger partial charge in [0.2, 0.25) is 10.0 Å². The molecule has 1 fully saturated rings. The van der Waals surface area contributed by atoms with Crippen LogP contribution in [0, 0.1) is 11.6 Å². The maximum absolute atomic E-state index is 14.2. The molecule has 0 bridgehead atoms. The highest BCUT2D eigenvalue weighted by Gasteiger charge is 2.27. The first-order valence-electron chi connectivity index (χ1n) is 8.98. The van der Waals surface area contributed by atoms with Gasteiger partial charge in [-0.1, -0.05) is 6.42 Å². The number of carbonyl (C=O) groups is 1. The summed E-state index contributed by atoms with van der Waals surface area (Å²) in [5, 5.41) is 0.353. The van der Waals surface area contributed by atoms with Crippen LogP contribution in [-0.2, 0) is 10.0 Å². The number of sulfonamides is 1. The van der Waals surface area contributed by atoms with E-state index in [2.05, 4.69) is 4.98 Å². The minimum absolute atomic E-state index is 0.0789. The first-order valence-corrected chi connectivity index (χ1v) is 10.4. The molecule has 1 aliphatic heterocycles. The Bertz CT molecular complexity index is 1170. The molecule has 1 aromatic heterocycles. The van der Waals surface area contributed by atoms with Gasteiger partial charge >= 0.3 is 0 Å². The van der Waals surface area contributed by atoms with Gasteiger partial charge in [-0.05, 0) is 49.2 Å². The smallest absolute Gasteiger partial charge is 0.243 e. The molecule has 2 heterocycles. The minimum Gasteiger partial charge on any atom is -0.354 e. The van der Waals surface area contributed by atoms with E-state index in [1.54, 1.807) is 6.07 Å². The van der Waals surface area contributed by atoms with Crippen molar-refractivity contribution in [1.82, 2.24) is 9.29 Å². The molecule has 1 N–H and O–H groups in total. The van der Waals surface area contributed by atoms with E-state index in [9.17, 15) is 22.0 Å². The molecule has 3 aromatic rings. The van der Waals surface area contributed by atoms with Crippen LogP contribution in [0.2, 0.25) is 0 Å². The van der Waals surface area contributed by atoms with E-state index >= 15 is 0 Å². The van der Waals surface area contributed by atoms with Crippen molar-refractivity contribution < 1.29 is 22.0 Å². The van der Waals surface area contributed by atoms with Gasteiger partial charge in [-0.2, -0.15) is 4.31 Å². The Morgan fingerprint density at radius 1 is 1.00 bits per heavy atom. The van der Waals surface area contributed by atoms with Gasteiger partial charge < -0.3 is 4.98 Å². The third-order valence-corrected chi connectivity index (χ3v) is 6.97. The number of benzene rings is 2. The number of nitrogens with one attached hydrogen (secondary N) is 1. The van der Waals surface area contributed by atoms with Crippen molar-refractivity contribution in [1.29, 1.82) is 0 Å². The second-order valence-electron chi connectivity index (χ2n) is 6.83. The molecule has 8 heteroatoms. The average molecular weight is 404 g/mol. The van der Waals surface area contributed by atoms with E-state index in [0.717, 1.165) is 37.5 Å². The quantitative estimate of drug-likeness (QED) is 0.666. The normalized spacial score (nSPS) is 15.8. The number of aromatic amines is 1. The molecule has 28 heavy (non-hydrogen) atoms. The largest absolute Gasteiger partial charge is 0.354 e. The number of nitrogens with zero attached hydrogens (tertiary/aromatic N) is 1. The first kappa shape index (κ1) is 18.8. The number of hydrogen-bond acceptors (Lipinski definition) is 3. The molecule has 0 radical (unpaired) electrons. The predicted molar refractivity (Wildman–Crippen MR) is 102 cm³/mol. The Hall–Kier alpha value is -2.58. The Kier molecular flexibility index (Phi) is 4.76. The van der Waals surface area contributed by atoms with E-state index in [1.807, 2.05) is 0 Å². The van der Waals surface area contributed by atoms with Crippen LogP contribution in [0.5, 0.6) is 0 Å². The molecule has 0 amide bonds. The summed E-state index contributed by atoms with van der Waals surface area (Å²) in [5.41, 5.74) is 0.599. The Balaban J connectivity index is 1.86. The molecule has 0 unspecified atom stereocenters. The highest BCUT2D eigenvalue weighted by Crippen LogP contribution is 2.33. The van der Waals surface area contributed by atoms with Crippen LogP contribution in [-0.4, -0.2) is 37.1 Å². The summed E-state index contributed by atoms with van der Waals surface area (Å²) in [7, 11) is -3.68. The van der Waals surface area contributed by atoms with Gasteiger partial charge in [-0.3, -0.25) is 4.79 Å². The van der Waals surface area contributed by atoms with E-state index in [0.29, 0.717) is 30.3 Å². The molecular formula is C20H18F2N2O3S. The Morgan fingerprint density at radius 3 is 2.46 bits per heavy atom. The van der Waals surface area contributed by atoms with Crippen LogP contribution >= 0.6 is 0 Å². The molecule has 5 nitrogen and oxygen atoms in total. The second-order valence-corrected chi connectivity index (χ2v) is 8.77. The lowest BCUT2D eigenvalue weighted by molar-refractivity contribution is 0.112. The van der Waals surface area contributed by atoms with Crippen LogP contribution in [0.15, 0.2) is 41.3 Å². The van der Waals surface area contributed by atoms with Gasteiger partial charge in [-0.25, -0.2) is 17.2 Å². The topological polar surface area (TPSA) is 70.2 Å². The van der Waals surface area contributed by atoms with E-state index in [1.165, 1.54) is 16.4 Å². The summed E-state index contributed by atoms with van der Waals surface area (Å²) >= 11 is 0. The first-order chi connectivity index (χ1) is 13.4. The lowest BCUT2D eigenvalue weighted by atomic mass is 10.1. The molecular weight excluding hydrogens is 386 g/mol. The van der Waals surface area contributed by atoms with Crippen molar-refractivity contribution in [3.8, 4) is 11.3 Å². The molecule has 0 aliphatic carbocycles. The second kappa shape index (κ2) is 7.10. The molecule has 1 aliphatic rings. The van der Waals surface area contributed by atoms with Gasteiger partial charge in [0.05, 0.1) is 10.6 Å². The summed E-state index contributed by atoms with van der Waals surface area (Å²) in [5.74, 6) is -1.32. The van der Waals surface area contributed by atoms with Gasteiger partial charge in [0, 0.05) is 35.1 Å². The average Bonchev–Trinajstić information content (AvgIpc) is 3.08. The summed E-state index contributed by atoms with van der Waals surface area (Å²) in [6, 6.07) is 7.39. The maximum atomic E-state index is 14.2. The number of halogens is 2. The number of hydrogen-bond donors (Lipinski definition) is 1. The SMILES string of the molecule is O=Cc1c(-c2cc(F)ccc2F)[nH]c2ccc(S(=O)(=O)N3CCCCC3)cc12. The lowest BCUT2D eigenvalue weighted by Gasteiger charge is -2.25. The number of rotatable bonds is 4. The number of aldehydes is 1. The zero-order valence-electron chi connectivity index (χ0n) is 14.9. The maximum Gasteiger partial charge on any atom is 0.243 e. The van der Waals surface area contributed by atoms with Crippen molar-refractivity contribution in [2.75, 3.05) is 13.1 Å². The Morgan fingerprint density at radius 2 is 1.75 bits per heavy atom. The van der Waals surface area contributed by atoms with Crippen molar-refractivity contribution in [2.24, 2.45) is 0 Å². The Labute approximate surface area is 161 Å². The summed E-state index contributed by atoms with van der Waals surface area (Å²) < 4.78 is 55.1. The summed E-state index contributed by atoms with van der Waals surface area (Å²) in [6.07, 6.45) is 3.15. The fraction of sp³-hybridized carbons (Fsp3) is 0.250. The fourth-order valence-electron chi connectivity index (χ4n) is 3.63. The molecule has 4 rings (SSSR count). The highest BCUT2D eigenvalue weighted by molar-refractivity contribution is 7.89. The predicted octanol–water partition coefficient (Wildman–Crippen LogP) is 4.10. The van der Waals surface area contributed by atoms with Gasteiger partial charge in [-0.15, -0.1) is 0 Å². The van der Waals surface area contributed by atoms with Crippen LogP contribution in [0.3, 0.4) is 0 Å². The van der Waals surface area contributed by atoms with E-state index in [-0.39, 0.29) is 21.7 Å². The van der Waals surface area contributed by atoms with Gasteiger partial charge in [0.1, 0.15) is 11.6 Å². The van der Waals surface area contributed by atoms with Crippen LogP contribution < -0.4 is 0 Å². The molecule has 0 saturated carbocycles. The van der Waals surface area contributed by atoms with Crippen molar-refractivity contribution in [3.05, 3.63) is 53.6 Å². The monoisotopic (exact) mass is 404 g/mol. The van der Waals surface area contributed by atoms with Crippen molar-refractivity contribution in [2.45, 2.75) is 24.2 Å². The molecule has 146 valence electrons. The third kappa shape index (κ3) is 3.12. The number of H-pyrrole nitrogens is 1. The zero-order valence-corrected chi connectivity index (χ0v) is 15.7. The highest BCUT2D eigenvalue weighted by atomic mass is 32.2. The third-order valence-electron chi connectivity index (χ3n) is 5.08. The summed E-state index contributed by atoms with van der Waals surface area (Å²) in [4.78, 5) is 14.7. The molecule has 2 aromatic carbocycles. The molecule has 1 saturated heterocycles. The van der Waals surface area contributed by atoms with E-state index < -0.39 is 21.7 Å². The van der Waals surface area contributed by atoms with Crippen LogP contribution in [0.25, 0.3) is 22.2 Å². The van der Waals surface area contributed by atoms with Crippen molar-refractivity contribution in [3.63, 3.8) is 0 Å². The number of carbonyl (C=O) groups excluding carboxylic acids is 1. The number of aromatic nitrogens is 1. The molecule has 0 spiro atoms. The zero-order chi connectivity index (χ0) is 19.9. The number of fused-ring (bicyclic) bond motifs is 1. The van der Waals surface area contributed by atoms with E-state index in [4.69, 9.17) is 0 Å². The van der Waals surface area contributed by atoms with Gasteiger partial charge in [0.15, 0.2) is 6.29 Å². The lowest BCUT2D eigenvalue weighted by Crippen LogP contribution is -2.35. The standard InChI is InChI=1S/C20H18F2N2O3S/c21-13-4-6-18(22)16(10-13)20-17(12-25)15-11-14(5-7-19(15)23-20)28(26,27)24-8-2-1-3-9-24/h4-7,10-12,23H,1-3,8-9H2. The number of piperidine rings is 1. The molecule has 0 atom stereocenters. The van der Waals surface area contributed by atoms with Gasteiger partial charge in [0.25, 0.3) is 0 Å². The summed E-state index contributed by atoms with van der Waals surface area (Å²) in [6.45, 7) is 0.932. The fourth-order valence-corrected chi connectivity index (χ4v) is 5.17. The van der Waals surface area contributed by atoms with Crippen LogP contribution in [0.1, 0.15) is 29.6 Å². The minimum atomic E-state index is -3.68.